The Kier molecular flexibility index (Phi) is 6.62. The van der Waals surface area contributed by atoms with E-state index in [2.05, 4.69) is 6.07 Å². The van der Waals surface area contributed by atoms with Gasteiger partial charge in [-0.2, -0.15) is 5.26 Å². The lowest BCUT2D eigenvalue weighted by molar-refractivity contribution is -1.01. The predicted molar refractivity (Wildman–Crippen MR) is 80.9 cm³/mol. The van der Waals surface area contributed by atoms with Crippen molar-refractivity contribution in [1.29, 1.82) is 5.26 Å². The van der Waals surface area contributed by atoms with E-state index < -0.39 is 6.10 Å². The molecule has 6 nitrogen and oxygen atoms in total. The van der Waals surface area contributed by atoms with Crippen LogP contribution in [0, 0.1) is 11.3 Å². The van der Waals surface area contributed by atoms with Gasteiger partial charge >= 0.3 is 0 Å². The molecule has 0 bridgehead atoms. The average Bonchev–Trinajstić information content (AvgIpc) is 2.55. The number of quaternary nitrogens is 2. The van der Waals surface area contributed by atoms with Gasteiger partial charge in [0, 0.05) is 0 Å². The van der Waals surface area contributed by atoms with Gasteiger partial charge in [0.25, 0.3) is 0 Å². The zero-order valence-electron chi connectivity index (χ0n) is 12.8. The van der Waals surface area contributed by atoms with Crippen molar-refractivity contribution in [3.8, 4) is 11.8 Å². The summed E-state index contributed by atoms with van der Waals surface area (Å²) in [4.78, 5) is 2.83. The van der Waals surface area contributed by atoms with Crippen LogP contribution in [0.25, 0.3) is 0 Å². The van der Waals surface area contributed by atoms with Crippen LogP contribution in [-0.4, -0.2) is 68.8 Å². The Bertz CT molecular complexity index is 478. The van der Waals surface area contributed by atoms with Gasteiger partial charge in [0.1, 0.15) is 57.7 Å². The number of ether oxygens (including phenoxy) is 1. The molecule has 1 aromatic carbocycles. The van der Waals surface area contributed by atoms with E-state index in [1.165, 1.54) is 9.80 Å². The highest BCUT2D eigenvalue weighted by Gasteiger charge is 2.24. The van der Waals surface area contributed by atoms with Gasteiger partial charge in [-0.1, -0.05) is 0 Å². The Morgan fingerprint density at radius 2 is 1.77 bits per heavy atom. The Hall–Kier alpha value is -1.65. The van der Waals surface area contributed by atoms with E-state index >= 15 is 0 Å². The molecule has 1 heterocycles. The van der Waals surface area contributed by atoms with E-state index in [-0.39, 0.29) is 13.2 Å². The maximum atomic E-state index is 10.1. The number of hydrogen-bond acceptors (Lipinski definition) is 4. The maximum Gasteiger partial charge on any atom is 0.137 e. The SMILES string of the molecule is N#Cc1ccc(OC[C@H](O)C[NH+]2CC[NH+](CCO)CC2)cc1. The lowest BCUT2D eigenvalue weighted by Crippen LogP contribution is -3.28. The first-order chi connectivity index (χ1) is 10.7. The van der Waals surface area contributed by atoms with Crippen molar-refractivity contribution in [3.63, 3.8) is 0 Å². The van der Waals surface area contributed by atoms with Crippen LogP contribution in [0.15, 0.2) is 24.3 Å². The molecule has 0 aromatic heterocycles. The zero-order valence-corrected chi connectivity index (χ0v) is 12.8. The van der Waals surface area contributed by atoms with Crippen LogP contribution in [0.5, 0.6) is 5.75 Å². The van der Waals surface area contributed by atoms with Crippen LogP contribution in [0.2, 0.25) is 0 Å². The molecule has 1 aliphatic heterocycles. The largest absolute Gasteiger partial charge is 0.491 e. The fourth-order valence-corrected chi connectivity index (χ4v) is 2.78. The molecule has 0 unspecified atom stereocenters. The molecule has 22 heavy (non-hydrogen) atoms. The Balaban J connectivity index is 1.67. The van der Waals surface area contributed by atoms with Crippen LogP contribution in [-0.2, 0) is 0 Å². The number of aliphatic hydroxyl groups is 2. The molecule has 4 N–H and O–H groups in total. The predicted octanol–water partition coefficient (Wildman–Crippen LogP) is -2.93. The van der Waals surface area contributed by atoms with Crippen LogP contribution in [0.4, 0.5) is 0 Å². The molecule has 0 saturated carbocycles. The van der Waals surface area contributed by atoms with Crippen molar-refractivity contribution in [1.82, 2.24) is 0 Å². The number of nitrogens with one attached hydrogen (secondary N) is 2. The molecule has 1 aliphatic rings. The molecule has 6 heteroatoms. The summed E-state index contributed by atoms with van der Waals surface area (Å²) in [6.07, 6.45) is -0.495. The summed E-state index contributed by atoms with van der Waals surface area (Å²) in [7, 11) is 0. The average molecular weight is 307 g/mol. The zero-order chi connectivity index (χ0) is 15.8. The molecule has 0 radical (unpaired) electrons. The molecule has 0 aliphatic carbocycles. The van der Waals surface area contributed by atoms with Gasteiger partial charge in [-0.3, -0.25) is 0 Å². The van der Waals surface area contributed by atoms with Crippen molar-refractivity contribution in [3.05, 3.63) is 29.8 Å². The smallest absolute Gasteiger partial charge is 0.137 e. The third-order valence-electron chi connectivity index (χ3n) is 4.08. The van der Waals surface area contributed by atoms with E-state index in [0.29, 0.717) is 17.9 Å². The lowest BCUT2D eigenvalue weighted by atomic mass is 10.2. The normalized spacial score (nSPS) is 22.8. The van der Waals surface area contributed by atoms with Gasteiger partial charge in [0.15, 0.2) is 0 Å². The lowest BCUT2D eigenvalue weighted by Gasteiger charge is -2.30. The number of hydrogen-bond donors (Lipinski definition) is 4. The van der Waals surface area contributed by atoms with Crippen LogP contribution >= 0.6 is 0 Å². The van der Waals surface area contributed by atoms with Crippen molar-refractivity contribution in [2.24, 2.45) is 0 Å². The number of aliphatic hydroxyl groups excluding tert-OH is 2. The number of piperazine rings is 1. The second-order valence-electron chi connectivity index (χ2n) is 5.78. The molecular weight excluding hydrogens is 282 g/mol. The molecule has 1 atom stereocenters. The van der Waals surface area contributed by atoms with E-state index in [1.807, 2.05) is 0 Å². The molecule has 1 saturated heterocycles. The summed E-state index contributed by atoms with van der Waals surface area (Å²) in [5, 5.41) is 27.8. The van der Waals surface area contributed by atoms with Gasteiger partial charge < -0.3 is 24.7 Å². The first-order valence-corrected chi connectivity index (χ1v) is 7.80. The van der Waals surface area contributed by atoms with E-state index in [0.717, 1.165) is 32.7 Å². The van der Waals surface area contributed by atoms with Crippen molar-refractivity contribution >= 4 is 0 Å². The standard InChI is InChI=1S/C16H23N3O3/c17-11-14-1-3-16(4-2-14)22-13-15(21)12-19-7-5-18(6-8-19)9-10-20/h1-4,15,20-21H,5-10,12-13H2/p+2/t15-/m1/s1. The van der Waals surface area contributed by atoms with Crippen molar-refractivity contribution in [2.45, 2.75) is 6.10 Å². The summed E-state index contributed by atoms with van der Waals surface area (Å²) >= 11 is 0. The Labute approximate surface area is 131 Å². The second-order valence-corrected chi connectivity index (χ2v) is 5.78. The third-order valence-corrected chi connectivity index (χ3v) is 4.08. The number of rotatable bonds is 7. The van der Waals surface area contributed by atoms with Gasteiger partial charge in [0.2, 0.25) is 0 Å². The molecular formula is C16H25N3O3+2. The molecule has 120 valence electrons. The first-order valence-electron chi connectivity index (χ1n) is 7.80. The molecule has 0 amide bonds. The van der Waals surface area contributed by atoms with E-state index in [9.17, 15) is 5.11 Å². The molecule has 1 aromatic rings. The highest BCUT2D eigenvalue weighted by Crippen LogP contribution is 2.11. The highest BCUT2D eigenvalue weighted by atomic mass is 16.5. The molecule has 0 spiro atoms. The number of benzene rings is 1. The summed E-state index contributed by atoms with van der Waals surface area (Å²) in [5.74, 6) is 0.672. The summed E-state index contributed by atoms with van der Waals surface area (Å²) < 4.78 is 5.56. The fourth-order valence-electron chi connectivity index (χ4n) is 2.78. The highest BCUT2D eigenvalue weighted by molar-refractivity contribution is 5.34. The number of nitrogens with zero attached hydrogens (tertiary/aromatic N) is 1. The van der Waals surface area contributed by atoms with Gasteiger partial charge in [-0.05, 0) is 24.3 Å². The van der Waals surface area contributed by atoms with Gasteiger partial charge in [-0.25, -0.2) is 0 Å². The maximum absolute atomic E-state index is 10.1. The minimum absolute atomic E-state index is 0.242. The van der Waals surface area contributed by atoms with E-state index in [4.69, 9.17) is 15.1 Å². The molecule has 2 rings (SSSR count). The minimum atomic E-state index is -0.495. The Morgan fingerprint density at radius 1 is 1.14 bits per heavy atom. The topological polar surface area (TPSA) is 82.4 Å². The summed E-state index contributed by atoms with van der Waals surface area (Å²) in [6.45, 7) is 6.12. The van der Waals surface area contributed by atoms with Crippen LogP contribution < -0.4 is 14.5 Å². The van der Waals surface area contributed by atoms with Gasteiger partial charge in [-0.15, -0.1) is 0 Å². The minimum Gasteiger partial charge on any atom is -0.491 e. The first kappa shape index (κ1) is 16.7. The Morgan fingerprint density at radius 3 is 2.36 bits per heavy atom. The van der Waals surface area contributed by atoms with Gasteiger partial charge in [0.05, 0.1) is 18.2 Å². The van der Waals surface area contributed by atoms with Crippen LogP contribution in [0.3, 0.4) is 0 Å². The van der Waals surface area contributed by atoms with Crippen molar-refractivity contribution < 1.29 is 24.7 Å². The summed E-state index contributed by atoms with van der Waals surface area (Å²) in [5.41, 5.74) is 0.598. The second kappa shape index (κ2) is 8.71. The van der Waals surface area contributed by atoms with E-state index in [1.54, 1.807) is 24.3 Å². The summed E-state index contributed by atoms with van der Waals surface area (Å²) in [6, 6.07) is 8.96. The monoisotopic (exact) mass is 307 g/mol. The number of nitriles is 1. The fraction of sp³-hybridized carbons (Fsp3) is 0.562. The third kappa shape index (κ3) is 5.28. The van der Waals surface area contributed by atoms with Crippen molar-refractivity contribution in [2.75, 3.05) is 52.5 Å². The quantitative estimate of drug-likeness (QED) is 0.435. The van der Waals surface area contributed by atoms with Crippen LogP contribution in [0.1, 0.15) is 5.56 Å². The molecule has 1 fully saturated rings.